The van der Waals surface area contributed by atoms with Gasteiger partial charge in [0.1, 0.15) is 11.3 Å². The molecule has 244 valence electrons. The van der Waals surface area contributed by atoms with Gasteiger partial charge in [-0.15, -0.1) is 0 Å². The van der Waals surface area contributed by atoms with E-state index in [0.29, 0.717) is 27.9 Å². The minimum absolute atomic E-state index is 0.195. The third-order valence-corrected chi connectivity index (χ3v) is 9.14. The van der Waals surface area contributed by atoms with Crippen LogP contribution in [-0.2, 0) is 10.0 Å². The Labute approximate surface area is 275 Å². The highest BCUT2D eigenvalue weighted by Gasteiger charge is 2.40. The van der Waals surface area contributed by atoms with E-state index >= 15 is 0 Å². The van der Waals surface area contributed by atoms with Crippen LogP contribution in [0.1, 0.15) is 32.6 Å². The van der Waals surface area contributed by atoms with E-state index in [-0.39, 0.29) is 11.1 Å². The van der Waals surface area contributed by atoms with Crippen LogP contribution in [0.4, 0.5) is 30.2 Å². The van der Waals surface area contributed by atoms with Gasteiger partial charge in [-0.05, 0) is 62.6 Å². The van der Waals surface area contributed by atoms with Crippen molar-refractivity contribution in [2.24, 2.45) is 0 Å². The molecule has 0 bridgehead atoms. The predicted molar refractivity (Wildman–Crippen MR) is 180 cm³/mol. The van der Waals surface area contributed by atoms with Crippen LogP contribution in [0.2, 0.25) is 0 Å². The van der Waals surface area contributed by atoms with Crippen molar-refractivity contribution in [3.05, 3.63) is 135 Å². The Morgan fingerprint density at radius 3 is 2.08 bits per heavy atom. The average molecular weight is 670 g/mol. The second kappa shape index (κ2) is 12.3. The van der Waals surface area contributed by atoms with Crippen molar-refractivity contribution in [1.82, 2.24) is 0 Å². The maximum atomic E-state index is 13.2. The number of nitrogens with zero attached hydrogens (tertiary/aromatic N) is 1. The molecule has 1 amide bonds. The lowest BCUT2D eigenvalue weighted by Crippen LogP contribution is -2.71. The first-order chi connectivity index (χ1) is 22.7. The van der Waals surface area contributed by atoms with Crippen molar-refractivity contribution in [2.45, 2.75) is 33.2 Å². The van der Waals surface area contributed by atoms with Gasteiger partial charge in [-0.25, -0.2) is 13.4 Å². The molecule has 48 heavy (non-hydrogen) atoms. The van der Waals surface area contributed by atoms with E-state index in [0.717, 1.165) is 44.7 Å². The molecule has 0 radical (unpaired) electrons. The lowest BCUT2D eigenvalue weighted by atomic mass is 9.90. The fourth-order valence-corrected chi connectivity index (χ4v) is 6.17. The number of carbonyl (C=O) groups is 1. The second-order valence-electron chi connectivity index (χ2n) is 11.5. The van der Waals surface area contributed by atoms with Crippen LogP contribution in [0.25, 0.3) is 38.1 Å². The highest BCUT2D eigenvalue weighted by Crippen LogP contribution is 2.43. The van der Waals surface area contributed by atoms with E-state index in [2.05, 4.69) is 15.0 Å². The van der Waals surface area contributed by atoms with Gasteiger partial charge in [-0.2, -0.15) is 13.2 Å². The molecule has 1 aliphatic carbocycles. The number of hydrogen-bond donors (Lipinski definition) is 2. The Morgan fingerprint density at radius 2 is 1.42 bits per heavy atom. The van der Waals surface area contributed by atoms with E-state index in [9.17, 15) is 26.4 Å². The number of fused-ring (bicyclic) bond motifs is 2. The van der Waals surface area contributed by atoms with E-state index in [1.807, 2.05) is 76.2 Å². The van der Waals surface area contributed by atoms with Crippen molar-refractivity contribution >= 4 is 44.0 Å². The second-order valence-corrected chi connectivity index (χ2v) is 13.1. The molecule has 0 unspecified atom stereocenters. The van der Waals surface area contributed by atoms with Crippen LogP contribution in [0.3, 0.4) is 0 Å². The molecule has 7 nitrogen and oxygen atoms in total. The third kappa shape index (κ3) is 6.16. The van der Waals surface area contributed by atoms with E-state index < -0.39 is 21.4 Å². The number of halogens is 3. The van der Waals surface area contributed by atoms with Gasteiger partial charge in [0.25, 0.3) is 0 Å². The number of benzene rings is 5. The minimum Gasteiger partial charge on any atom is -0.534 e. The van der Waals surface area contributed by atoms with Gasteiger partial charge < -0.3 is 19.3 Å². The summed E-state index contributed by atoms with van der Waals surface area (Å²) < 4.78 is 72.3. The summed E-state index contributed by atoms with van der Waals surface area (Å²) in [5.41, 5.74) is 2.33. The molecule has 0 saturated carbocycles. The maximum absolute atomic E-state index is 13.2. The van der Waals surface area contributed by atoms with Crippen molar-refractivity contribution in [3.8, 4) is 22.5 Å². The standard InChI is InChI=1S/C37H30F3N3O4S/c1-21-9-7-10-22(2)34(21)41-25-15-17-29-31(19-25)47-32-20-26(42-35-23(3)11-8-12-24(35)4)16-18-30(32)33(29)27-13-5-6-14-28(27)36(44)43-48(45,46)37(38,39)40/h5-20H,1-4H3,(H2,41,42,43,44). The van der Waals surface area contributed by atoms with Crippen molar-refractivity contribution in [1.29, 1.82) is 0 Å². The molecule has 2 N–H and O–H groups in total. The lowest BCUT2D eigenvalue weighted by Gasteiger charge is -2.24. The fourth-order valence-electron chi connectivity index (χ4n) is 5.75. The number of anilines is 2. The summed E-state index contributed by atoms with van der Waals surface area (Å²) in [6.07, 6.45) is 0. The van der Waals surface area contributed by atoms with E-state index in [4.69, 9.17) is 4.42 Å². The Hall–Kier alpha value is -5.42. The molecule has 0 spiro atoms. The zero-order valence-electron chi connectivity index (χ0n) is 26.4. The molecular weight excluding hydrogens is 639 g/mol. The number of aryl methyl sites for hydroxylation is 4. The molecular formula is C37H30F3N3O4S. The zero-order chi connectivity index (χ0) is 34.4. The SMILES string of the molecule is Cc1cccc(C)c1Nc1ccc2c(-c3ccccc3C(=O)[N-]S(=O)(=O)C(F)(F)F)c3ccc(=[NH+]c4c(C)cccc4C)cc-3oc2c1. The summed E-state index contributed by atoms with van der Waals surface area (Å²) >= 11 is 0. The summed E-state index contributed by atoms with van der Waals surface area (Å²) in [5, 5.41) is 4.71. The molecule has 1 heterocycles. The zero-order valence-corrected chi connectivity index (χ0v) is 27.2. The van der Waals surface area contributed by atoms with Crippen LogP contribution in [-0.4, -0.2) is 19.8 Å². The number of amides is 1. The molecule has 4 aromatic rings. The summed E-state index contributed by atoms with van der Waals surface area (Å²) in [6.45, 7) is 7.98. The van der Waals surface area contributed by atoms with Crippen LogP contribution >= 0.6 is 0 Å². The van der Waals surface area contributed by atoms with E-state index in [1.165, 1.54) is 12.1 Å². The number of rotatable bonds is 6. The minimum atomic E-state index is -6.07. The van der Waals surface area contributed by atoms with Gasteiger partial charge in [-0.3, -0.25) is 0 Å². The third-order valence-electron chi connectivity index (χ3n) is 8.15. The molecule has 0 saturated heterocycles. The van der Waals surface area contributed by atoms with Crippen molar-refractivity contribution < 1.29 is 35.8 Å². The molecule has 6 rings (SSSR count). The van der Waals surface area contributed by atoms with Crippen molar-refractivity contribution in [2.75, 3.05) is 5.32 Å². The Kier molecular flexibility index (Phi) is 8.34. The molecule has 0 fully saturated rings. The van der Waals surface area contributed by atoms with Crippen molar-refractivity contribution in [3.63, 3.8) is 0 Å². The quantitative estimate of drug-likeness (QED) is 0.176. The summed E-state index contributed by atoms with van der Waals surface area (Å²) in [4.78, 5) is 16.6. The molecule has 1 aliphatic heterocycles. The molecule has 0 aromatic heterocycles. The van der Waals surface area contributed by atoms with Gasteiger partial charge in [-0.1, -0.05) is 60.7 Å². The van der Waals surface area contributed by atoms with Crippen LogP contribution in [0.15, 0.2) is 101 Å². The number of hydrogen-bond acceptors (Lipinski definition) is 5. The molecule has 0 atom stereocenters. The average Bonchev–Trinajstić information content (AvgIpc) is 3.02. The number of para-hydroxylation sites is 2. The molecule has 11 heteroatoms. The van der Waals surface area contributed by atoms with E-state index in [1.54, 1.807) is 36.4 Å². The van der Waals surface area contributed by atoms with Gasteiger partial charge >= 0.3 is 5.51 Å². The highest BCUT2D eigenvalue weighted by molar-refractivity contribution is 7.95. The predicted octanol–water partition coefficient (Wildman–Crippen LogP) is 7.86. The number of sulfonamides is 1. The van der Waals surface area contributed by atoms with Gasteiger partial charge in [0.15, 0.2) is 10.0 Å². The largest absolute Gasteiger partial charge is 0.534 e. The molecule has 2 aliphatic rings. The first kappa shape index (κ1) is 32.5. The smallest absolute Gasteiger partial charge is 0.483 e. The monoisotopic (exact) mass is 669 g/mol. The Morgan fingerprint density at radius 1 is 0.771 bits per heavy atom. The number of carbonyl (C=O) groups excluding carboxylic acids is 1. The Bertz CT molecular complexity index is 2340. The van der Waals surface area contributed by atoms with Crippen LogP contribution in [0.5, 0.6) is 0 Å². The van der Waals surface area contributed by atoms with Crippen LogP contribution in [0, 0.1) is 27.7 Å². The first-order valence-corrected chi connectivity index (χ1v) is 16.4. The van der Waals surface area contributed by atoms with Crippen LogP contribution < -0.4 is 15.7 Å². The number of alkyl halides is 3. The topological polar surface area (TPSA) is 104 Å². The first-order valence-electron chi connectivity index (χ1n) is 14.9. The molecule has 4 aromatic carbocycles. The number of nitrogens with one attached hydrogen (secondary N) is 2. The summed E-state index contributed by atoms with van der Waals surface area (Å²) in [5.74, 6) is -1.12. The van der Waals surface area contributed by atoms with Gasteiger partial charge in [0.2, 0.25) is 11.0 Å². The lowest BCUT2D eigenvalue weighted by molar-refractivity contribution is -0.403. The fraction of sp³-hybridized carbons (Fsp3) is 0.135. The Balaban J connectivity index is 1.59. The van der Waals surface area contributed by atoms with Gasteiger partial charge in [0, 0.05) is 56.7 Å². The highest BCUT2D eigenvalue weighted by atomic mass is 32.2. The summed E-state index contributed by atoms with van der Waals surface area (Å²) in [7, 11) is -6.07. The van der Waals surface area contributed by atoms with Gasteiger partial charge in [0.05, 0.1) is 12.0 Å². The summed E-state index contributed by atoms with van der Waals surface area (Å²) in [6, 6.07) is 28.6. The maximum Gasteiger partial charge on any atom is 0.483 e. The normalized spacial score (nSPS) is 12.4.